The van der Waals surface area contributed by atoms with Crippen LogP contribution in [0.15, 0.2) is 6.07 Å². The van der Waals surface area contributed by atoms with Crippen molar-refractivity contribution in [1.82, 2.24) is 9.88 Å². The molecule has 18 heavy (non-hydrogen) atoms. The molecule has 0 saturated carbocycles. The third-order valence-electron chi connectivity index (χ3n) is 2.63. The van der Waals surface area contributed by atoms with Gasteiger partial charge in [0.15, 0.2) is 0 Å². The number of carbonyl (C=O) groups is 2. The molecule has 1 rings (SSSR count). The molecule has 0 aromatic carbocycles. The molecule has 0 aliphatic heterocycles. The van der Waals surface area contributed by atoms with Crippen molar-refractivity contribution in [3.8, 4) is 0 Å². The highest BCUT2D eigenvalue weighted by molar-refractivity contribution is 6.41. The van der Waals surface area contributed by atoms with Gasteiger partial charge in [0.2, 0.25) is 0 Å². The number of hydrogen-bond acceptors (Lipinski definition) is 2. The van der Waals surface area contributed by atoms with Gasteiger partial charge in [-0.1, -0.05) is 30.1 Å². The van der Waals surface area contributed by atoms with Crippen molar-refractivity contribution in [2.75, 3.05) is 6.54 Å². The number of aliphatic carboxylic acids is 1. The van der Waals surface area contributed by atoms with Crippen molar-refractivity contribution in [3.63, 3.8) is 0 Å². The molecular weight excluding hydrogens is 279 g/mol. The van der Waals surface area contributed by atoms with Crippen LogP contribution in [-0.2, 0) is 11.8 Å². The van der Waals surface area contributed by atoms with E-state index in [1.165, 1.54) is 10.6 Å². The first kappa shape index (κ1) is 14.9. The van der Waals surface area contributed by atoms with Crippen LogP contribution >= 0.6 is 23.2 Å². The Hall–Kier alpha value is -1.20. The third kappa shape index (κ3) is 3.40. The predicted molar refractivity (Wildman–Crippen MR) is 69.2 cm³/mol. The largest absolute Gasteiger partial charge is 0.481 e. The Balaban J connectivity index is 2.56. The van der Waals surface area contributed by atoms with E-state index >= 15 is 0 Å². The molecule has 0 spiro atoms. The first-order valence-corrected chi connectivity index (χ1v) is 6.12. The van der Waals surface area contributed by atoms with Crippen LogP contribution in [0.4, 0.5) is 0 Å². The Morgan fingerprint density at radius 3 is 2.56 bits per heavy atom. The quantitative estimate of drug-likeness (QED) is 0.874. The Bertz CT molecular complexity index is 471. The lowest BCUT2D eigenvalue weighted by molar-refractivity contribution is -0.141. The Labute approximate surface area is 115 Å². The SMILES string of the molecule is CC(CCNC(=O)c1cc(Cl)c(Cl)n1C)C(=O)O. The Morgan fingerprint density at radius 1 is 1.50 bits per heavy atom. The molecular formula is C11H14Cl2N2O3. The fraction of sp³-hybridized carbons (Fsp3) is 0.455. The van der Waals surface area contributed by atoms with Crippen molar-refractivity contribution in [2.24, 2.45) is 13.0 Å². The van der Waals surface area contributed by atoms with Gasteiger partial charge < -0.3 is 15.0 Å². The summed E-state index contributed by atoms with van der Waals surface area (Å²) in [6, 6.07) is 1.47. The van der Waals surface area contributed by atoms with E-state index in [0.29, 0.717) is 22.3 Å². The summed E-state index contributed by atoms with van der Waals surface area (Å²) in [6.07, 6.45) is 0.368. The molecule has 1 unspecified atom stereocenters. The Morgan fingerprint density at radius 2 is 2.11 bits per heavy atom. The number of nitrogens with one attached hydrogen (secondary N) is 1. The van der Waals surface area contributed by atoms with Crippen molar-refractivity contribution in [2.45, 2.75) is 13.3 Å². The molecule has 1 aromatic rings. The monoisotopic (exact) mass is 292 g/mol. The molecule has 0 aliphatic carbocycles. The van der Waals surface area contributed by atoms with E-state index in [2.05, 4.69) is 5.32 Å². The molecule has 0 bridgehead atoms. The highest BCUT2D eigenvalue weighted by Crippen LogP contribution is 2.24. The second kappa shape index (κ2) is 6.11. The van der Waals surface area contributed by atoms with E-state index in [9.17, 15) is 9.59 Å². The molecule has 1 atom stereocenters. The normalized spacial score (nSPS) is 12.2. The maximum absolute atomic E-state index is 11.8. The second-order valence-electron chi connectivity index (χ2n) is 4.01. The molecule has 2 N–H and O–H groups in total. The summed E-state index contributed by atoms with van der Waals surface area (Å²) in [5, 5.41) is 11.9. The number of rotatable bonds is 5. The zero-order valence-electron chi connectivity index (χ0n) is 10.0. The van der Waals surface area contributed by atoms with E-state index in [1.54, 1.807) is 14.0 Å². The van der Waals surface area contributed by atoms with Gasteiger partial charge in [0, 0.05) is 13.6 Å². The first-order valence-electron chi connectivity index (χ1n) is 5.36. The van der Waals surface area contributed by atoms with E-state index in [1.807, 2.05) is 0 Å². The highest BCUT2D eigenvalue weighted by Gasteiger charge is 2.16. The van der Waals surface area contributed by atoms with E-state index in [-0.39, 0.29) is 12.5 Å². The van der Waals surface area contributed by atoms with E-state index in [0.717, 1.165) is 0 Å². The van der Waals surface area contributed by atoms with Crippen LogP contribution < -0.4 is 5.32 Å². The number of amides is 1. The zero-order valence-corrected chi connectivity index (χ0v) is 11.5. The number of aromatic nitrogens is 1. The molecule has 7 heteroatoms. The molecule has 0 aliphatic rings. The van der Waals surface area contributed by atoms with Crippen LogP contribution in [0.5, 0.6) is 0 Å². The van der Waals surface area contributed by atoms with Crippen LogP contribution in [0, 0.1) is 5.92 Å². The minimum Gasteiger partial charge on any atom is -0.481 e. The zero-order chi connectivity index (χ0) is 13.9. The molecule has 1 aromatic heterocycles. The van der Waals surface area contributed by atoms with E-state index < -0.39 is 11.9 Å². The van der Waals surface area contributed by atoms with Gasteiger partial charge in [0.25, 0.3) is 5.91 Å². The van der Waals surface area contributed by atoms with Crippen molar-refractivity contribution in [3.05, 3.63) is 21.9 Å². The van der Waals surface area contributed by atoms with Crippen molar-refractivity contribution >= 4 is 35.1 Å². The average Bonchev–Trinajstić information content (AvgIpc) is 2.56. The number of carboxylic acids is 1. The lowest BCUT2D eigenvalue weighted by Crippen LogP contribution is -2.28. The smallest absolute Gasteiger partial charge is 0.306 e. The van der Waals surface area contributed by atoms with Gasteiger partial charge in [0.1, 0.15) is 10.8 Å². The standard InChI is InChI=1S/C11H14Cl2N2O3/c1-6(11(17)18)3-4-14-10(16)8-5-7(12)9(13)15(8)2/h5-6H,3-4H2,1-2H3,(H,14,16)(H,17,18). The van der Waals surface area contributed by atoms with Gasteiger partial charge in [-0.15, -0.1) is 0 Å². The van der Waals surface area contributed by atoms with Crippen LogP contribution in [0.2, 0.25) is 10.2 Å². The van der Waals surface area contributed by atoms with E-state index in [4.69, 9.17) is 28.3 Å². The molecule has 1 heterocycles. The highest BCUT2D eigenvalue weighted by atomic mass is 35.5. The summed E-state index contributed by atoms with van der Waals surface area (Å²) in [5.41, 5.74) is 0.341. The third-order valence-corrected chi connectivity index (χ3v) is 3.48. The summed E-state index contributed by atoms with van der Waals surface area (Å²) < 4.78 is 1.47. The van der Waals surface area contributed by atoms with Crippen LogP contribution in [0.25, 0.3) is 0 Å². The van der Waals surface area contributed by atoms with Crippen molar-refractivity contribution < 1.29 is 14.7 Å². The number of hydrogen-bond donors (Lipinski definition) is 2. The Kier molecular flexibility index (Phi) is 5.04. The lowest BCUT2D eigenvalue weighted by Gasteiger charge is -2.08. The number of nitrogens with zero attached hydrogens (tertiary/aromatic N) is 1. The predicted octanol–water partition coefficient (Wildman–Crippen LogP) is 2.17. The maximum Gasteiger partial charge on any atom is 0.306 e. The van der Waals surface area contributed by atoms with Crippen LogP contribution in [0.1, 0.15) is 23.8 Å². The molecule has 0 radical (unpaired) electrons. The lowest BCUT2D eigenvalue weighted by atomic mass is 10.1. The second-order valence-corrected chi connectivity index (χ2v) is 4.78. The van der Waals surface area contributed by atoms with Crippen molar-refractivity contribution in [1.29, 1.82) is 0 Å². The van der Waals surface area contributed by atoms with Crippen LogP contribution in [-0.4, -0.2) is 28.1 Å². The number of carboxylic acid groups (broad SMARTS) is 1. The summed E-state index contributed by atoms with van der Waals surface area (Å²) in [7, 11) is 1.63. The minimum absolute atomic E-state index is 0.284. The van der Waals surface area contributed by atoms with Gasteiger partial charge in [-0.3, -0.25) is 9.59 Å². The summed E-state index contributed by atoms with van der Waals surface area (Å²) >= 11 is 11.6. The average molecular weight is 293 g/mol. The van der Waals surface area contributed by atoms with Gasteiger partial charge >= 0.3 is 5.97 Å². The van der Waals surface area contributed by atoms with Crippen LogP contribution in [0.3, 0.4) is 0 Å². The number of carbonyl (C=O) groups excluding carboxylic acids is 1. The molecule has 0 saturated heterocycles. The topological polar surface area (TPSA) is 71.3 Å². The minimum atomic E-state index is -0.880. The number of halogens is 2. The summed E-state index contributed by atoms with van der Waals surface area (Å²) in [6.45, 7) is 1.87. The summed E-state index contributed by atoms with van der Waals surface area (Å²) in [5.74, 6) is -1.70. The molecule has 100 valence electrons. The van der Waals surface area contributed by atoms with Gasteiger partial charge in [-0.05, 0) is 12.5 Å². The fourth-order valence-corrected chi connectivity index (χ4v) is 1.75. The van der Waals surface area contributed by atoms with Gasteiger partial charge in [-0.25, -0.2) is 0 Å². The molecule has 1 amide bonds. The van der Waals surface area contributed by atoms with Gasteiger partial charge in [0.05, 0.1) is 10.9 Å². The maximum atomic E-state index is 11.8. The summed E-state index contributed by atoms with van der Waals surface area (Å²) in [4.78, 5) is 22.4. The first-order chi connectivity index (χ1) is 8.34. The fourth-order valence-electron chi connectivity index (χ4n) is 1.38. The molecule has 5 nitrogen and oxygen atoms in total. The molecule has 0 fully saturated rings. The van der Waals surface area contributed by atoms with Gasteiger partial charge in [-0.2, -0.15) is 0 Å².